The molecule has 7 nitrogen and oxygen atoms in total. The molecule has 0 aliphatic heterocycles. The molecule has 1 fully saturated rings. The van der Waals surface area contributed by atoms with Gasteiger partial charge in [0.05, 0.1) is 21.6 Å². The molecule has 1 saturated carbocycles. The van der Waals surface area contributed by atoms with Gasteiger partial charge in [-0.1, -0.05) is 29.8 Å². The highest BCUT2D eigenvalue weighted by atomic mass is 32.2. The Labute approximate surface area is 166 Å². The SMILES string of the molecule is Cc1ccc(C(NC(=O)CSc2ccc(C(N)=O)cc2[N+](=O)[O-])C2CC2)cc1. The minimum absolute atomic E-state index is 0.0408. The van der Waals surface area contributed by atoms with Crippen molar-refractivity contribution in [1.29, 1.82) is 0 Å². The fourth-order valence-electron chi connectivity index (χ4n) is 2.97. The number of amides is 2. The van der Waals surface area contributed by atoms with Crippen LogP contribution in [0.15, 0.2) is 47.4 Å². The molecule has 0 aromatic heterocycles. The van der Waals surface area contributed by atoms with E-state index in [4.69, 9.17) is 5.73 Å². The van der Waals surface area contributed by atoms with Crippen LogP contribution in [0, 0.1) is 23.0 Å². The lowest BCUT2D eigenvalue weighted by atomic mass is 10.0. The first-order chi connectivity index (χ1) is 13.3. The molecule has 0 heterocycles. The standard InChI is InChI=1S/C20H21N3O4S/c1-12-2-4-13(5-3-12)19(14-6-7-14)22-18(24)11-28-17-9-8-15(20(21)25)10-16(17)23(26)27/h2-5,8-10,14,19H,6-7,11H2,1H3,(H2,21,25)(H,22,24). The van der Waals surface area contributed by atoms with Crippen LogP contribution in [-0.4, -0.2) is 22.5 Å². The van der Waals surface area contributed by atoms with Gasteiger partial charge >= 0.3 is 0 Å². The number of carbonyl (C=O) groups excluding carboxylic acids is 2. The molecule has 1 aliphatic carbocycles. The Morgan fingerprint density at radius 3 is 2.50 bits per heavy atom. The van der Waals surface area contributed by atoms with E-state index in [1.54, 1.807) is 0 Å². The number of rotatable bonds is 8. The molecule has 8 heteroatoms. The van der Waals surface area contributed by atoms with E-state index in [2.05, 4.69) is 5.32 Å². The van der Waals surface area contributed by atoms with Crippen molar-refractivity contribution < 1.29 is 14.5 Å². The van der Waals surface area contributed by atoms with E-state index in [0.29, 0.717) is 10.8 Å². The van der Waals surface area contributed by atoms with Crippen molar-refractivity contribution in [2.24, 2.45) is 11.7 Å². The van der Waals surface area contributed by atoms with E-state index in [-0.39, 0.29) is 29.0 Å². The molecular weight excluding hydrogens is 378 g/mol. The highest BCUT2D eigenvalue weighted by Crippen LogP contribution is 2.41. The zero-order chi connectivity index (χ0) is 20.3. The van der Waals surface area contributed by atoms with E-state index in [9.17, 15) is 19.7 Å². The van der Waals surface area contributed by atoms with Gasteiger partial charge in [0, 0.05) is 11.6 Å². The highest BCUT2D eigenvalue weighted by molar-refractivity contribution is 8.00. The number of carbonyl (C=O) groups is 2. The summed E-state index contributed by atoms with van der Waals surface area (Å²) in [7, 11) is 0. The average Bonchev–Trinajstić information content (AvgIpc) is 3.50. The van der Waals surface area contributed by atoms with Crippen LogP contribution in [0.5, 0.6) is 0 Å². The van der Waals surface area contributed by atoms with Crippen LogP contribution in [0.1, 0.15) is 40.4 Å². The second-order valence-electron chi connectivity index (χ2n) is 6.89. The van der Waals surface area contributed by atoms with E-state index < -0.39 is 10.8 Å². The summed E-state index contributed by atoms with van der Waals surface area (Å²) in [5.41, 5.74) is 7.24. The molecule has 28 heavy (non-hydrogen) atoms. The first-order valence-electron chi connectivity index (χ1n) is 8.92. The monoisotopic (exact) mass is 399 g/mol. The molecule has 0 spiro atoms. The number of nitro groups is 1. The van der Waals surface area contributed by atoms with Gasteiger partial charge in [-0.15, -0.1) is 11.8 Å². The molecule has 2 aromatic rings. The summed E-state index contributed by atoms with van der Waals surface area (Å²) in [5.74, 6) is -0.439. The van der Waals surface area contributed by atoms with Crippen molar-refractivity contribution in [1.82, 2.24) is 5.32 Å². The van der Waals surface area contributed by atoms with Gasteiger partial charge < -0.3 is 11.1 Å². The van der Waals surface area contributed by atoms with Crippen LogP contribution >= 0.6 is 11.8 Å². The van der Waals surface area contributed by atoms with Crippen molar-refractivity contribution in [3.8, 4) is 0 Å². The van der Waals surface area contributed by atoms with Crippen molar-refractivity contribution >= 4 is 29.3 Å². The molecule has 0 bridgehead atoms. The summed E-state index contributed by atoms with van der Waals surface area (Å²) >= 11 is 1.07. The summed E-state index contributed by atoms with van der Waals surface area (Å²) in [6.45, 7) is 2.02. The normalized spacial score (nSPS) is 14.3. The number of aryl methyl sites for hydroxylation is 1. The Kier molecular flexibility index (Phi) is 5.99. The molecule has 3 rings (SSSR count). The van der Waals surface area contributed by atoms with Gasteiger partial charge in [-0.05, 0) is 43.4 Å². The summed E-state index contributed by atoms with van der Waals surface area (Å²) in [6, 6.07) is 12.1. The zero-order valence-electron chi connectivity index (χ0n) is 15.4. The summed E-state index contributed by atoms with van der Waals surface area (Å²) in [6.07, 6.45) is 2.15. The molecule has 2 aromatic carbocycles. The van der Waals surface area contributed by atoms with Gasteiger partial charge in [-0.2, -0.15) is 0 Å². The van der Waals surface area contributed by atoms with Gasteiger partial charge in [0.2, 0.25) is 11.8 Å². The Morgan fingerprint density at radius 1 is 1.25 bits per heavy atom. The van der Waals surface area contributed by atoms with Crippen LogP contribution in [0.4, 0.5) is 5.69 Å². The summed E-state index contributed by atoms with van der Waals surface area (Å²) in [4.78, 5) is 34.7. The van der Waals surface area contributed by atoms with Gasteiger partial charge in [0.25, 0.3) is 5.69 Å². The quantitative estimate of drug-likeness (QED) is 0.401. The predicted molar refractivity (Wildman–Crippen MR) is 107 cm³/mol. The van der Waals surface area contributed by atoms with E-state index in [1.807, 2.05) is 31.2 Å². The van der Waals surface area contributed by atoms with Crippen molar-refractivity contribution in [3.63, 3.8) is 0 Å². The highest BCUT2D eigenvalue weighted by Gasteiger charge is 2.33. The first kappa shape index (κ1) is 19.9. The van der Waals surface area contributed by atoms with Crippen LogP contribution in [0.2, 0.25) is 0 Å². The Hall–Kier alpha value is -2.87. The Bertz CT molecular complexity index is 910. The van der Waals surface area contributed by atoms with Crippen LogP contribution in [-0.2, 0) is 4.79 Å². The van der Waals surface area contributed by atoms with Gasteiger partial charge in [-0.3, -0.25) is 19.7 Å². The second kappa shape index (κ2) is 8.43. The number of thioether (sulfide) groups is 1. The Balaban J connectivity index is 1.67. The molecule has 2 amide bonds. The maximum absolute atomic E-state index is 12.5. The van der Waals surface area contributed by atoms with Crippen LogP contribution in [0.3, 0.4) is 0 Å². The number of nitro benzene ring substituents is 1. The molecule has 1 aliphatic rings. The lowest BCUT2D eigenvalue weighted by Gasteiger charge is -2.19. The number of nitrogens with zero attached hydrogens (tertiary/aromatic N) is 1. The largest absolute Gasteiger partial charge is 0.366 e. The molecular formula is C20H21N3O4S. The third-order valence-corrected chi connectivity index (χ3v) is 5.71. The summed E-state index contributed by atoms with van der Waals surface area (Å²) < 4.78 is 0. The molecule has 3 N–H and O–H groups in total. The predicted octanol–water partition coefficient (Wildman–Crippen LogP) is 3.36. The summed E-state index contributed by atoms with van der Waals surface area (Å²) in [5, 5.41) is 14.3. The van der Waals surface area contributed by atoms with Crippen LogP contribution in [0.25, 0.3) is 0 Å². The minimum Gasteiger partial charge on any atom is -0.366 e. The van der Waals surface area contributed by atoms with E-state index >= 15 is 0 Å². The van der Waals surface area contributed by atoms with Gasteiger partial charge in [0.1, 0.15) is 0 Å². The van der Waals surface area contributed by atoms with Gasteiger partial charge in [-0.25, -0.2) is 0 Å². The van der Waals surface area contributed by atoms with Gasteiger partial charge in [0.15, 0.2) is 0 Å². The molecule has 1 unspecified atom stereocenters. The molecule has 0 radical (unpaired) electrons. The zero-order valence-corrected chi connectivity index (χ0v) is 16.2. The third-order valence-electron chi connectivity index (χ3n) is 4.65. The lowest BCUT2D eigenvalue weighted by Crippen LogP contribution is -2.31. The maximum atomic E-state index is 12.5. The van der Waals surface area contributed by atoms with Crippen molar-refractivity contribution in [2.45, 2.75) is 30.7 Å². The van der Waals surface area contributed by atoms with Crippen molar-refractivity contribution in [2.75, 3.05) is 5.75 Å². The van der Waals surface area contributed by atoms with E-state index in [1.165, 1.54) is 12.1 Å². The number of hydrogen-bond acceptors (Lipinski definition) is 5. The third kappa shape index (κ3) is 4.89. The Morgan fingerprint density at radius 2 is 1.93 bits per heavy atom. The molecule has 146 valence electrons. The fourth-order valence-corrected chi connectivity index (χ4v) is 3.79. The number of nitrogens with one attached hydrogen (secondary N) is 1. The molecule has 0 saturated heterocycles. The lowest BCUT2D eigenvalue weighted by molar-refractivity contribution is -0.387. The average molecular weight is 399 g/mol. The number of primary amides is 1. The number of nitrogens with two attached hydrogens (primary N) is 1. The minimum atomic E-state index is -0.734. The van der Waals surface area contributed by atoms with E-state index in [0.717, 1.165) is 41.8 Å². The number of benzene rings is 2. The maximum Gasteiger partial charge on any atom is 0.283 e. The first-order valence-corrected chi connectivity index (χ1v) is 9.90. The topological polar surface area (TPSA) is 115 Å². The fraction of sp³-hybridized carbons (Fsp3) is 0.300. The molecule has 1 atom stereocenters. The van der Waals surface area contributed by atoms with Crippen molar-refractivity contribution in [3.05, 3.63) is 69.3 Å². The second-order valence-corrected chi connectivity index (χ2v) is 7.90. The smallest absolute Gasteiger partial charge is 0.283 e. The number of hydrogen-bond donors (Lipinski definition) is 2. The van der Waals surface area contributed by atoms with Crippen LogP contribution < -0.4 is 11.1 Å².